The van der Waals surface area contributed by atoms with Crippen molar-refractivity contribution in [3.05, 3.63) is 23.5 Å². The molecule has 168 valence electrons. The van der Waals surface area contributed by atoms with Gasteiger partial charge in [-0.25, -0.2) is 14.0 Å². The van der Waals surface area contributed by atoms with Crippen molar-refractivity contribution in [2.45, 2.75) is 71.7 Å². The van der Waals surface area contributed by atoms with Crippen LogP contribution < -0.4 is 9.47 Å². The standard InChI is InChI=1S/C22H32FNO6/c1-21(2,3)29-19(25)15-12-16(23)18(13-17(15)27-7)28-14-8-10-24(11-9-14)20(26)30-22(4,5)6/h12-14H,8-11H2,1-7H3. The molecule has 0 aliphatic carbocycles. The molecule has 0 saturated carbocycles. The number of carbonyl (C=O) groups is 2. The lowest BCUT2D eigenvalue weighted by molar-refractivity contribution is 0.00651. The molecular weight excluding hydrogens is 393 g/mol. The highest BCUT2D eigenvalue weighted by molar-refractivity contribution is 5.93. The molecule has 7 nitrogen and oxygen atoms in total. The molecule has 2 rings (SSSR count). The molecule has 1 aliphatic heterocycles. The molecule has 1 aromatic carbocycles. The molecule has 0 spiro atoms. The summed E-state index contributed by atoms with van der Waals surface area (Å²) in [7, 11) is 1.39. The maximum absolute atomic E-state index is 14.6. The van der Waals surface area contributed by atoms with Gasteiger partial charge in [0.15, 0.2) is 11.6 Å². The first-order valence-electron chi connectivity index (χ1n) is 10.0. The monoisotopic (exact) mass is 425 g/mol. The molecule has 0 aromatic heterocycles. The molecule has 1 amide bonds. The Kier molecular flexibility index (Phi) is 7.21. The maximum Gasteiger partial charge on any atom is 0.410 e. The predicted octanol–water partition coefficient (Wildman–Crippen LogP) is 4.57. The Balaban J connectivity index is 2.04. The van der Waals surface area contributed by atoms with Crippen LogP contribution in [0.3, 0.4) is 0 Å². The van der Waals surface area contributed by atoms with Crippen molar-refractivity contribution in [2.75, 3.05) is 20.2 Å². The second kappa shape index (κ2) is 9.10. The van der Waals surface area contributed by atoms with Gasteiger partial charge >= 0.3 is 12.1 Å². The number of esters is 1. The first-order chi connectivity index (χ1) is 13.8. The van der Waals surface area contributed by atoms with E-state index < -0.39 is 23.0 Å². The first kappa shape index (κ1) is 23.8. The van der Waals surface area contributed by atoms with Crippen LogP contribution in [-0.4, -0.2) is 54.5 Å². The number of methoxy groups -OCH3 is 1. The largest absolute Gasteiger partial charge is 0.496 e. The molecule has 1 heterocycles. The molecule has 0 N–H and O–H groups in total. The summed E-state index contributed by atoms with van der Waals surface area (Å²) in [5.74, 6) is -1.18. The zero-order valence-corrected chi connectivity index (χ0v) is 18.8. The second-order valence-corrected chi connectivity index (χ2v) is 9.27. The van der Waals surface area contributed by atoms with Crippen LogP contribution in [0.25, 0.3) is 0 Å². The Morgan fingerprint density at radius 2 is 1.53 bits per heavy atom. The van der Waals surface area contributed by atoms with Crippen molar-refractivity contribution >= 4 is 12.1 Å². The van der Waals surface area contributed by atoms with Crippen molar-refractivity contribution in [3.63, 3.8) is 0 Å². The number of nitrogens with zero attached hydrogens (tertiary/aromatic N) is 1. The minimum absolute atomic E-state index is 0.00276. The molecule has 0 atom stereocenters. The average molecular weight is 425 g/mol. The molecule has 30 heavy (non-hydrogen) atoms. The quantitative estimate of drug-likeness (QED) is 0.658. The fraction of sp³-hybridized carbons (Fsp3) is 0.636. The Bertz CT molecular complexity index is 773. The fourth-order valence-corrected chi connectivity index (χ4v) is 2.95. The van der Waals surface area contributed by atoms with Crippen LogP contribution >= 0.6 is 0 Å². The summed E-state index contributed by atoms with van der Waals surface area (Å²) in [6.45, 7) is 11.6. The van der Waals surface area contributed by atoms with Crippen LogP contribution in [0.4, 0.5) is 9.18 Å². The van der Waals surface area contributed by atoms with E-state index >= 15 is 0 Å². The summed E-state index contributed by atoms with van der Waals surface area (Å²) < 4.78 is 36.4. The van der Waals surface area contributed by atoms with Crippen molar-refractivity contribution < 1.29 is 32.9 Å². The number of halogens is 1. The lowest BCUT2D eigenvalue weighted by atomic mass is 10.1. The van der Waals surface area contributed by atoms with E-state index in [1.807, 2.05) is 20.8 Å². The summed E-state index contributed by atoms with van der Waals surface area (Å²) in [6, 6.07) is 2.42. The van der Waals surface area contributed by atoms with Crippen LogP contribution in [0.5, 0.6) is 11.5 Å². The molecule has 1 aromatic rings. The Morgan fingerprint density at radius 3 is 2.03 bits per heavy atom. The average Bonchev–Trinajstić information content (AvgIpc) is 2.60. The third-order valence-corrected chi connectivity index (χ3v) is 4.26. The van der Waals surface area contributed by atoms with E-state index in [0.717, 1.165) is 6.07 Å². The highest BCUT2D eigenvalue weighted by atomic mass is 19.1. The van der Waals surface area contributed by atoms with Crippen molar-refractivity contribution in [1.82, 2.24) is 4.90 Å². The lowest BCUT2D eigenvalue weighted by Gasteiger charge is -2.33. The van der Waals surface area contributed by atoms with Crippen LogP contribution in [0.1, 0.15) is 64.7 Å². The van der Waals surface area contributed by atoms with Gasteiger partial charge in [-0.3, -0.25) is 0 Å². The van der Waals surface area contributed by atoms with E-state index in [-0.39, 0.29) is 29.3 Å². The first-order valence-corrected chi connectivity index (χ1v) is 10.0. The maximum atomic E-state index is 14.6. The van der Waals surface area contributed by atoms with Crippen LogP contribution in [-0.2, 0) is 9.47 Å². The van der Waals surface area contributed by atoms with Gasteiger partial charge in [-0.2, -0.15) is 0 Å². The zero-order chi connectivity index (χ0) is 22.7. The number of hydrogen-bond donors (Lipinski definition) is 0. The minimum Gasteiger partial charge on any atom is -0.496 e. The number of benzene rings is 1. The van der Waals surface area contributed by atoms with Crippen molar-refractivity contribution in [3.8, 4) is 11.5 Å². The highest BCUT2D eigenvalue weighted by Crippen LogP contribution is 2.31. The van der Waals surface area contributed by atoms with Gasteiger partial charge in [-0.1, -0.05) is 0 Å². The van der Waals surface area contributed by atoms with Gasteiger partial charge in [0.25, 0.3) is 0 Å². The number of ether oxygens (including phenoxy) is 4. The number of hydrogen-bond acceptors (Lipinski definition) is 6. The number of amides is 1. The Morgan fingerprint density at radius 1 is 0.967 bits per heavy atom. The predicted molar refractivity (Wildman–Crippen MR) is 110 cm³/mol. The third kappa shape index (κ3) is 6.78. The third-order valence-electron chi connectivity index (χ3n) is 4.26. The normalized spacial score (nSPS) is 15.5. The molecular formula is C22H32FNO6. The highest BCUT2D eigenvalue weighted by Gasteiger charge is 2.29. The Labute approximate surface area is 177 Å². The number of rotatable bonds is 4. The molecule has 1 aliphatic rings. The van der Waals surface area contributed by atoms with Crippen molar-refractivity contribution in [1.29, 1.82) is 0 Å². The van der Waals surface area contributed by atoms with Crippen LogP contribution in [0, 0.1) is 5.82 Å². The fourth-order valence-electron chi connectivity index (χ4n) is 2.95. The summed E-state index contributed by atoms with van der Waals surface area (Å²) in [4.78, 5) is 26.1. The summed E-state index contributed by atoms with van der Waals surface area (Å²) >= 11 is 0. The number of likely N-dealkylation sites (tertiary alicyclic amines) is 1. The van der Waals surface area contributed by atoms with E-state index in [1.165, 1.54) is 13.2 Å². The number of piperidine rings is 1. The van der Waals surface area contributed by atoms with Gasteiger partial charge < -0.3 is 23.8 Å². The summed E-state index contributed by atoms with van der Waals surface area (Å²) in [5.41, 5.74) is -1.27. The molecule has 8 heteroatoms. The van der Waals surface area contributed by atoms with Crippen LogP contribution in [0.2, 0.25) is 0 Å². The van der Waals surface area contributed by atoms with E-state index in [2.05, 4.69) is 0 Å². The van der Waals surface area contributed by atoms with E-state index in [0.29, 0.717) is 25.9 Å². The van der Waals surface area contributed by atoms with Gasteiger partial charge in [0.1, 0.15) is 28.6 Å². The Hall–Kier alpha value is -2.51. The SMILES string of the molecule is COc1cc(OC2CCN(C(=O)OC(C)(C)C)CC2)c(F)cc1C(=O)OC(C)(C)C. The van der Waals surface area contributed by atoms with E-state index in [1.54, 1.807) is 25.7 Å². The molecule has 1 fully saturated rings. The number of carbonyl (C=O) groups excluding carboxylic acids is 2. The molecule has 1 saturated heterocycles. The van der Waals surface area contributed by atoms with E-state index in [4.69, 9.17) is 18.9 Å². The van der Waals surface area contributed by atoms with Gasteiger partial charge in [0, 0.05) is 32.0 Å². The molecule has 0 unspecified atom stereocenters. The van der Waals surface area contributed by atoms with Crippen molar-refractivity contribution in [2.24, 2.45) is 0 Å². The van der Waals surface area contributed by atoms with Gasteiger partial charge in [0.2, 0.25) is 0 Å². The summed E-state index contributed by atoms with van der Waals surface area (Å²) in [5, 5.41) is 0. The lowest BCUT2D eigenvalue weighted by Crippen LogP contribution is -2.44. The zero-order valence-electron chi connectivity index (χ0n) is 18.8. The minimum atomic E-state index is -0.712. The topological polar surface area (TPSA) is 74.3 Å². The molecule has 0 radical (unpaired) electrons. The van der Waals surface area contributed by atoms with Gasteiger partial charge in [0.05, 0.1) is 7.11 Å². The smallest absolute Gasteiger partial charge is 0.410 e. The van der Waals surface area contributed by atoms with Gasteiger partial charge in [-0.05, 0) is 47.6 Å². The van der Waals surface area contributed by atoms with Gasteiger partial charge in [-0.15, -0.1) is 0 Å². The second-order valence-electron chi connectivity index (χ2n) is 9.27. The van der Waals surface area contributed by atoms with E-state index in [9.17, 15) is 14.0 Å². The molecule has 0 bridgehead atoms. The summed E-state index contributed by atoms with van der Waals surface area (Å²) in [6.07, 6.45) is 0.440. The van der Waals surface area contributed by atoms with Crippen LogP contribution in [0.15, 0.2) is 12.1 Å².